The average Bonchev–Trinajstić information content (AvgIpc) is 3.33. The van der Waals surface area contributed by atoms with Crippen molar-refractivity contribution in [1.29, 1.82) is 0 Å². The topological polar surface area (TPSA) is 75.0 Å². The molecule has 0 aromatic carbocycles. The Morgan fingerprint density at radius 3 is 3.00 bits per heavy atom. The number of rotatable bonds is 3. The van der Waals surface area contributed by atoms with Crippen molar-refractivity contribution >= 4 is 17.0 Å². The highest BCUT2D eigenvalue weighted by molar-refractivity contribution is 5.97. The van der Waals surface area contributed by atoms with Crippen LogP contribution < -0.4 is 0 Å². The Labute approximate surface area is 152 Å². The van der Waals surface area contributed by atoms with Gasteiger partial charge in [-0.15, -0.1) is 0 Å². The van der Waals surface area contributed by atoms with Crippen LogP contribution in [0, 0.1) is 5.41 Å². The Hall–Kier alpha value is -2.63. The molecule has 1 N–H and O–H groups in total. The summed E-state index contributed by atoms with van der Waals surface area (Å²) in [6, 6.07) is 6.00. The van der Waals surface area contributed by atoms with Crippen molar-refractivity contribution in [2.45, 2.75) is 46.1 Å². The second kappa shape index (κ2) is 6.27. The molecule has 1 aliphatic heterocycles. The molecule has 3 aromatic heterocycles. The largest absolute Gasteiger partial charge is 0.363 e. The lowest BCUT2D eigenvalue weighted by Crippen LogP contribution is -2.30. The Morgan fingerprint density at radius 1 is 1.42 bits per heavy atom. The van der Waals surface area contributed by atoms with Crippen molar-refractivity contribution in [2.24, 2.45) is 5.41 Å². The molecule has 4 heterocycles. The Morgan fingerprint density at radius 2 is 2.27 bits per heavy atom. The highest BCUT2D eigenvalue weighted by Crippen LogP contribution is 2.33. The van der Waals surface area contributed by atoms with E-state index in [0.29, 0.717) is 11.3 Å². The third-order valence-electron chi connectivity index (χ3n) is 4.84. The normalized spacial score (nSPS) is 18.0. The second-order valence-corrected chi connectivity index (χ2v) is 8.23. The van der Waals surface area contributed by atoms with Gasteiger partial charge in [0.15, 0.2) is 0 Å². The lowest BCUT2D eigenvalue weighted by atomic mass is 9.90. The van der Waals surface area contributed by atoms with E-state index in [1.54, 1.807) is 6.20 Å². The summed E-state index contributed by atoms with van der Waals surface area (Å²) in [5.41, 5.74) is 3.11. The van der Waals surface area contributed by atoms with Crippen LogP contribution >= 0.6 is 0 Å². The number of fused-ring (bicyclic) bond motifs is 1. The summed E-state index contributed by atoms with van der Waals surface area (Å²) in [6.07, 6.45) is 6.26. The van der Waals surface area contributed by atoms with Crippen LogP contribution in [0.25, 0.3) is 11.1 Å². The number of hydrogen-bond donors (Lipinski definition) is 1. The van der Waals surface area contributed by atoms with Crippen molar-refractivity contribution in [1.82, 2.24) is 20.0 Å². The molecule has 0 unspecified atom stereocenters. The molecular weight excluding hydrogens is 328 g/mol. The molecule has 1 amide bonds. The maximum atomic E-state index is 13.1. The Balaban J connectivity index is 1.65. The number of pyridine rings is 1. The fourth-order valence-corrected chi connectivity index (χ4v) is 3.68. The summed E-state index contributed by atoms with van der Waals surface area (Å²) in [7, 11) is 0. The smallest absolute Gasteiger partial charge is 0.257 e. The first-order valence-electron chi connectivity index (χ1n) is 9.11. The van der Waals surface area contributed by atoms with Crippen molar-refractivity contribution in [3.8, 4) is 0 Å². The molecule has 0 aliphatic carbocycles. The molecule has 1 saturated heterocycles. The number of amides is 1. The van der Waals surface area contributed by atoms with E-state index in [2.05, 4.69) is 35.9 Å². The molecule has 3 aromatic rings. The van der Waals surface area contributed by atoms with E-state index in [0.717, 1.165) is 42.6 Å². The minimum Gasteiger partial charge on any atom is -0.363 e. The van der Waals surface area contributed by atoms with Gasteiger partial charge in [0, 0.05) is 24.6 Å². The molecule has 136 valence electrons. The molecule has 0 saturated carbocycles. The van der Waals surface area contributed by atoms with Crippen LogP contribution in [0.15, 0.2) is 35.1 Å². The first-order chi connectivity index (χ1) is 12.4. The molecule has 1 aliphatic rings. The fourth-order valence-electron chi connectivity index (χ4n) is 3.68. The third-order valence-corrected chi connectivity index (χ3v) is 4.84. The molecule has 4 rings (SSSR count). The minimum atomic E-state index is 0.0133. The first kappa shape index (κ1) is 16.8. The second-order valence-electron chi connectivity index (χ2n) is 8.23. The number of likely N-dealkylation sites (tertiary alicyclic amines) is 1. The van der Waals surface area contributed by atoms with Crippen molar-refractivity contribution in [3.63, 3.8) is 0 Å². The number of hydrogen-bond acceptors (Lipinski definition) is 4. The van der Waals surface area contributed by atoms with Gasteiger partial charge in [0.05, 0.1) is 22.7 Å². The Kier molecular flexibility index (Phi) is 4.05. The number of nitrogens with zero attached hydrogens (tertiary/aromatic N) is 3. The highest BCUT2D eigenvalue weighted by atomic mass is 16.5. The van der Waals surface area contributed by atoms with Crippen molar-refractivity contribution in [2.75, 3.05) is 6.54 Å². The number of H-pyrrole nitrogens is 1. The number of carbonyl (C=O) groups excluding carboxylic acids is 1. The maximum Gasteiger partial charge on any atom is 0.257 e. The molecular formula is C20H24N4O2. The molecule has 0 spiro atoms. The van der Waals surface area contributed by atoms with Gasteiger partial charge in [-0.1, -0.05) is 25.9 Å². The zero-order chi connectivity index (χ0) is 18.3. The van der Waals surface area contributed by atoms with E-state index in [-0.39, 0.29) is 17.4 Å². The molecule has 0 radical (unpaired) electrons. The van der Waals surface area contributed by atoms with Crippen LogP contribution in [0.3, 0.4) is 0 Å². The number of aromatic nitrogens is 3. The SMILES string of the molecule is CC(C)(C)Cc1noc2ncc(C(=O)N3CCC[C@@H]3c3ccc[nH]3)cc12. The van der Waals surface area contributed by atoms with Crippen LogP contribution in [0.4, 0.5) is 0 Å². The third kappa shape index (κ3) is 3.11. The summed E-state index contributed by atoms with van der Waals surface area (Å²) in [6.45, 7) is 7.22. The van der Waals surface area contributed by atoms with Crippen LogP contribution in [0.2, 0.25) is 0 Å². The van der Waals surface area contributed by atoms with Gasteiger partial charge in [-0.05, 0) is 42.9 Å². The maximum absolute atomic E-state index is 13.1. The van der Waals surface area contributed by atoms with Gasteiger partial charge < -0.3 is 14.4 Å². The quantitative estimate of drug-likeness (QED) is 0.769. The zero-order valence-electron chi connectivity index (χ0n) is 15.5. The van der Waals surface area contributed by atoms with E-state index in [9.17, 15) is 4.79 Å². The summed E-state index contributed by atoms with van der Waals surface area (Å²) < 4.78 is 5.34. The summed E-state index contributed by atoms with van der Waals surface area (Å²) >= 11 is 0. The molecule has 1 fully saturated rings. The van der Waals surface area contributed by atoms with Gasteiger partial charge in [0.1, 0.15) is 0 Å². The predicted octanol–water partition coefficient (Wildman–Crippen LogP) is 4.12. The monoisotopic (exact) mass is 352 g/mol. The van der Waals surface area contributed by atoms with Crippen LogP contribution in [-0.4, -0.2) is 32.5 Å². The molecule has 26 heavy (non-hydrogen) atoms. The molecule has 6 nitrogen and oxygen atoms in total. The van der Waals surface area contributed by atoms with Gasteiger partial charge >= 0.3 is 0 Å². The number of aromatic amines is 1. The van der Waals surface area contributed by atoms with Gasteiger partial charge in [0.25, 0.3) is 11.6 Å². The van der Waals surface area contributed by atoms with E-state index in [1.165, 1.54) is 0 Å². The molecule has 0 bridgehead atoms. The van der Waals surface area contributed by atoms with E-state index in [4.69, 9.17) is 4.52 Å². The van der Waals surface area contributed by atoms with Gasteiger partial charge in [-0.2, -0.15) is 0 Å². The first-order valence-corrected chi connectivity index (χ1v) is 9.11. The highest BCUT2D eigenvalue weighted by Gasteiger charge is 2.31. The summed E-state index contributed by atoms with van der Waals surface area (Å²) in [5, 5.41) is 5.00. The van der Waals surface area contributed by atoms with E-state index < -0.39 is 0 Å². The van der Waals surface area contributed by atoms with Crippen LogP contribution in [-0.2, 0) is 6.42 Å². The summed E-state index contributed by atoms with van der Waals surface area (Å²) in [4.78, 5) is 22.6. The predicted molar refractivity (Wildman–Crippen MR) is 98.8 cm³/mol. The lowest BCUT2D eigenvalue weighted by Gasteiger charge is -2.24. The van der Waals surface area contributed by atoms with Gasteiger partial charge in [-0.3, -0.25) is 4.79 Å². The number of nitrogens with one attached hydrogen (secondary N) is 1. The molecule has 1 atom stereocenters. The van der Waals surface area contributed by atoms with Gasteiger partial charge in [-0.25, -0.2) is 4.98 Å². The standard InChI is InChI=1S/C20H24N4O2/c1-20(2,3)11-16-14-10-13(12-22-18(14)26-23-16)19(25)24-9-5-7-17(24)15-6-4-8-21-15/h4,6,8,10,12,17,21H,5,7,9,11H2,1-3H3/t17-/m1/s1. The van der Waals surface area contributed by atoms with E-state index in [1.807, 2.05) is 29.3 Å². The average molecular weight is 352 g/mol. The number of carbonyl (C=O) groups is 1. The lowest BCUT2D eigenvalue weighted by molar-refractivity contribution is 0.0733. The van der Waals surface area contributed by atoms with Gasteiger partial charge in [0.2, 0.25) is 0 Å². The Bertz CT molecular complexity index is 921. The fraction of sp³-hybridized carbons (Fsp3) is 0.450. The van der Waals surface area contributed by atoms with Crippen LogP contribution in [0.1, 0.15) is 61.4 Å². The summed E-state index contributed by atoms with van der Waals surface area (Å²) in [5.74, 6) is 0.0133. The van der Waals surface area contributed by atoms with Crippen molar-refractivity contribution in [3.05, 3.63) is 47.5 Å². The zero-order valence-corrected chi connectivity index (χ0v) is 15.5. The minimum absolute atomic E-state index is 0.0133. The van der Waals surface area contributed by atoms with Crippen LogP contribution in [0.5, 0.6) is 0 Å². The van der Waals surface area contributed by atoms with Crippen molar-refractivity contribution < 1.29 is 9.32 Å². The van der Waals surface area contributed by atoms with E-state index >= 15 is 0 Å². The molecule has 6 heteroatoms.